The van der Waals surface area contributed by atoms with E-state index in [4.69, 9.17) is 11.6 Å². The minimum Gasteiger partial charge on any atom is -0.378 e. The van der Waals surface area contributed by atoms with Crippen molar-refractivity contribution in [1.29, 1.82) is 0 Å². The van der Waals surface area contributed by atoms with Crippen molar-refractivity contribution in [2.45, 2.75) is 39.3 Å². The van der Waals surface area contributed by atoms with Gasteiger partial charge in [-0.2, -0.15) is 0 Å². The van der Waals surface area contributed by atoms with Crippen LogP contribution in [-0.4, -0.2) is 35.1 Å². The van der Waals surface area contributed by atoms with E-state index in [0.717, 1.165) is 24.3 Å². The van der Waals surface area contributed by atoms with Crippen molar-refractivity contribution in [3.63, 3.8) is 0 Å². The fourth-order valence-corrected chi connectivity index (χ4v) is 2.41. The molecule has 3 nitrogen and oxygen atoms in total. The third-order valence-electron chi connectivity index (χ3n) is 3.29. The van der Waals surface area contributed by atoms with Crippen LogP contribution in [0, 0.1) is 6.92 Å². The van der Waals surface area contributed by atoms with Gasteiger partial charge in [0.2, 0.25) is 0 Å². The van der Waals surface area contributed by atoms with E-state index in [1.807, 2.05) is 6.92 Å². The summed E-state index contributed by atoms with van der Waals surface area (Å²) in [6, 6.07) is 3.17. The van der Waals surface area contributed by atoms with Gasteiger partial charge in [-0.3, -0.25) is 4.90 Å². The van der Waals surface area contributed by atoms with Crippen molar-refractivity contribution in [2.24, 2.45) is 0 Å². The van der Waals surface area contributed by atoms with Crippen LogP contribution in [0.5, 0.6) is 0 Å². The lowest BCUT2D eigenvalue weighted by molar-refractivity contribution is 0.274. The van der Waals surface area contributed by atoms with Gasteiger partial charge in [-0.25, -0.2) is 4.98 Å². The number of aryl methyl sites for hydroxylation is 1. The Hall–Kier alpha value is -0.800. The maximum Gasteiger partial charge on any atom is 0.152 e. The van der Waals surface area contributed by atoms with Gasteiger partial charge in [0.25, 0.3) is 0 Å². The standard InChI is InChI=1S/C13H20ClN3/c1-9(2)17-5-4-11(8-17)16-12-6-10(3)7-15-13(12)14/h6-7,9,11,16H,4-5,8H2,1-3H3. The molecule has 0 saturated carbocycles. The Bertz CT molecular complexity index is 392. The van der Waals surface area contributed by atoms with Crippen molar-refractivity contribution in [1.82, 2.24) is 9.88 Å². The number of nitrogens with zero attached hydrogens (tertiary/aromatic N) is 2. The highest BCUT2D eigenvalue weighted by Gasteiger charge is 2.24. The van der Waals surface area contributed by atoms with E-state index in [2.05, 4.69) is 35.1 Å². The maximum absolute atomic E-state index is 6.09. The summed E-state index contributed by atoms with van der Waals surface area (Å²) in [6.45, 7) is 8.75. The summed E-state index contributed by atoms with van der Waals surface area (Å²) in [5.74, 6) is 0. The van der Waals surface area contributed by atoms with Gasteiger partial charge in [0.05, 0.1) is 5.69 Å². The fourth-order valence-electron chi connectivity index (χ4n) is 2.25. The van der Waals surface area contributed by atoms with Gasteiger partial charge in [-0.05, 0) is 38.8 Å². The van der Waals surface area contributed by atoms with Crippen LogP contribution in [0.25, 0.3) is 0 Å². The average molecular weight is 254 g/mol. The van der Waals surface area contributed by atoms with Crippen LogP contribution in [0.4, 0.5) is 5.69 Å². The minimum absolute atomic E-state index is 0.485. The van der Waals surface area contributed by atoms with E-state index in [0.29, 0.717) is 17.2 Å². The molecule has 1 unspecified atom stereocenters. The van der Waals surface area contributed by atoms with Gasteiger partial charge in [0, 0.05) is 31.4 Å². The maximum atomic E-state index is 6.09. The molecule has 94 valence electrons. The van der Waals surface area contributed by atoms with Crippen molar-refractivity contribution in [3.8, 4) is 0 Å². The second kappa shape index (κ2) is 5.23. The molecule has 1 atom stereocenters. The van der Waals surface area contributed by atoms with E-state index in [9.17, 15) is 0 Å². The normalized spacial score (nSPS) is 21.1. The Morgan fingerprint density at radius 2 is 2.29 bits per heavy atom. The molecule has 0 amide bonds. The summed E-state index contributed by atoms with van der Waals surface area (Å²) < 4.78 is 0. The molecule has 1 saturated heterocycles. The van der Waals surface area contributed by atoms with Crippen LogP contribution in [0.15, 0.2) is 12.3 Å². The third-order valence-corrected chi connectivity index (χ3v) is 3.59. The van der Waals surface area contributed by atoms with Gasteiger partial charge in [-0.15, -0.1) is 0 Å². The molecule has 2 heterocycles. The summed E-state index contributed by atoms with van der Waals surface area (Å²) in [4.78, 5) is 6.65. The average Bonchev–Trinajstić information content (AvgIpc) is 2.72. The Morgan fingerprint density at radius 3 is 2.94 bits per heavy atom. The quantitative estimate of drug-likeness (QED) is 0.840. The van der Waals surface area contributed by atoms with Crippen LogP contribution in [0.3, 0.4) is 0 Å². The molecular weight excluding hydrogens is 234 g/mol. The summed E-state index contributed by atoms with van der Waals surface area (Å²) in [5.41, 5.74) is 2.10. The molecular formula is C13H20ClN3. The van der Waals surface area contributed by atoms with Crippen LogP contribution in [-0.2, 0) is 0 Å². The number of pyridine rings is 1. The topological polar surface area (TPSA) is 28.2 Å². The molecule has 17 heavy (non-hydrogen) atoms. The van der Waals surface area contributed by atoms with Crippen LogP contribution in [0.1, 0.15) is 25.8 Å². The van der Waals surface area contributed by atoms with E-state index >= 15 is 0 Å². The van der Waals surface area contributed by atoms with E-state index in [-0.39, 0.29) is 0 Å². The van der Waals surface area contributed by atoms with Gasteiger partial charge in [0.15, 0.2) is 5.15 Å². The summed E-state index contributed by atoms with van der Waals surface area (Å²) >= 11 is 6.09. The number of halogens is 1. The first-order chi connectivity index (χ1) is 8.06. The highest BCUT2D eigenvalue weighted by atomic mass is 35.5. The first-order valence-electron chi connectivity index (χ1n) is 6.19. The number of nitrogens with one attached hydrogen (secondary N) is 1. The predicted molar refractivity (Wildman–Crippen MR) is 72.7 cm³/mol. The van der Waals surface area contributed by atoms with Crippen LogP contribution < -0.4 is 5.32 Å². The van der Waals surface area contributed by atoms with E-state index < -0.39 is 0 Å². The molecule has 1 fully saturated rings. The highest BCUT2D eigenvalue weighted by molar-refractivity contribution is 6.31. The Morgan fingerprint density at radius 1 is 1.53 bits per heavy atom. The first kappa shape index (κ1) is 12.7. The second-order valence-corrected chi connectivity index (χ2v) is 5.43. The zero-order chi connectivity index (χ0) is 12.4. The Kier molecular flexibility index (Phi) is 3.89. The van der Waals surface area contributed by atoms with Crippen LogP contribution >= 0.6 is 11.6 Å². The monoisotopic (exact) mass is 253 g/mol. The molecule has 1 N–H and O–H groups in total. The minimum atomic E-state index is 0.485. The van der Waals surface area contributed by atoms with E-state index in [1.165, 1.54) is 6.42 Å². The molecule has 2 rings (SSSR count). The zero-order valence-corrected chi connectivity index (χ0v) is 11.5. The van der Waals surface area contributed by atoms with Gasteiger partial charge in [0.1, 0.15) is 0 Å². The molecule has 0 radical (unpaired) electrons. The molecule has 1 aromatic rings. The lowest BCUT2D eigenvalue weighted by atomic mass is 10.2. The lowest BCUT2D eigenvalue weighted by Gasteiger charge is -2.21. The molecule has 1 aliphatic rings. The number of anilines is 1. The Labute approximate surface area is 108 Å². The lowest BCUT2D eigenvalue weighted by Crippen LogP contribution is -2.31. The van der Waals surface area contributed by atoms with Gasteiger partial charge in [-0.1, -0.05) is 11.6 Å². The number of rotatable bonds is 3. The number of hydrogen-bond donors (Lipinski definition) is 1. The molecule has 4 heteroatoms. The molecule has 1 aliphatic heterocycles. The molecule has 1 aromatic heterocycles. The second-order valence-electron chi connectivity index (χ2n) is 5.07. The SMILES string of the molecule is Cc1cnc(Cl)c(NC2CCN(C(C)C)C2)c1. The van der Waals surface area contributed by atoms with Crippen LogP contribution in [0.2, 0.25) is 5.15 Å². The van der Waals surface area contributed by atoms with Gasteiger partial charge < -0.3 is 5.32 Å². The number of hydrogen-bond acceptors (Lipinski definition) is 3. The number of likely N-dealkylation sites (tertiary alicyclic amines) is 1. The summed E-state index contributed by atoms with van der Waals surface area (Å²) in [7, 11) is 0. The Balaban J connectivity index is 2.00. The first-order valence-corrected chi connectivity index (χ1v) is 6.57. The van der Waals surface area contributed by atoms with E-state index in [1.54, 1.807) is 6.20 Å². The zero-order valence-electron chi connectivity index (χ0n) is 10.7. The van der Waals surface area contributed by atoms with Gasteiger partial charge >= 0.3 is 0 Å². The molecule has 0 aliphatic carbocycles. The third kappa shape index (κ3) is 3.11. The van der Waals surface area contributed by atoms with Crippen molar-refractivity contribution in [3.05, 3.63) is 23.0 Å². The van der Waals surface area contributed by atoms with Crippen molar-refractivity contribution < 1.29 is 0 Å². The smallest absolute Gasteiger partial charge is 0.152 e. The number of aromatic nitrogens is 1. The summed E-state index contributed by atoms with van der Waals surface area (Å²) in [6.07, 6.45) is 2.96. The fraction of sp³-hybridized carbons (Fsp3) is 0.615. The summed E-state index contributed by atoms with van der Waals surface area (Å²) in [5, 5.41) is 4.07. The van der Waals surface area contributed by atoms with Crippen molar-refractivity contribution >= 4 is 17.3 Å². The molecule has 0 spiro atoms. The largest absolute Gasteiger partial charge is 0.378 e. The highest BCUT2D eigenvalue weighted by Crippen LogP contribution is 2.23. The molecule has 0 bridgehead atoms. The van der Waals surface area contributed by atoms with Crippen molar-refractivity contribution in [2.75, 3.05) is 18.4 Å². The molecule has 0 aromatic carbocycles. The predicted octanol–water partition coefficient (Wildman–Crippen LogP) is 2.94.